The number of carbonyl (C=O) groups excluding carboxylic acids is 2. The molecular formula is C33H34F2N8O3. The summed E-state index contributed by atoms with van der Waals surface area (Å²) in [6.45, 7) is 10.5. The third kappa shape index (κ3) is 5.15. The third-order valence-electron chi connectivity index (χ3n) is 8.56. The summed E-state index contributed by atoms with van der Waals surface area (Å²) in [6.07, 6.45) is 3.22. The number of pyridine rings is 2. The van der Waals surface area contributed by atoms with E-state index >= 15 is 8.78 Å². The molecule has 0 aliphatic carbocycles. The summed E-state index contributed by atoms with van der Waals surface area (Å²) < 4.78 is 33.3. The standard InChI is InChI=1S/C33H34F2N8O3/c1-6-25(44)41-14-15-42(19(4)17-41)30-21-16-23(35)28-26-22(34)8-7-9-24(26)40(5)32(45)37-13-11-20-10-12-36-27(18(2)3)29(20)43(31(21)38-28)33(46)39-30/h6-10,12,16,18-19H,1,11,13-15,17H2,2-5H3,(H,37,45)/t19-/m0/s1. The van der Waals surface area contributed by atoms with Gasteiger partial charge in [-0.3, -0.25) is 14.7 Å². The van der Waals surface area contributed by atoms with Crippen molar-refractivity contribution in [3.63, 3.8) is 0 Å². The molecule has 3 aromatic heterocycles. The second-order valence-corrected chi connectivity index (χ2v) is 11.8. The molecule has 2 aliphatic heterocycles. The molecule has 2 bridgehead atoms. The number of halogens is 2. The molecule has 1 aromatic carbocycles. The first-order valence-corrected chi connectivity index (χ1v) is 15.1. The molecule has 5 heterocycles. The Bertz CT molecular complexity index is 1960. The second-order valence-electron chi connectivity index (χ2n) is 11.8. The Morgan fingerprint density at radius 2 is 1.91 bits per heavy atom. The van der Waals surface area contributed by atoms with Crippen LogP contribution in [-0.4, -0.2) is 75.6 Å². The van der Waals surface area contributed by atoms with Crippen molar-refractivity contribution < 1.29 is 18.4 Å². The molecule has 2 aliphatic rings. The van der Waals surface area contributed by atoms with Gasteiger partial charge in [-0.15, -0.1) is 0 Å². The molecule has 1 atom stereocenters. The van der Waals surface area contributed by atoms with E-state index in [-0.39, 0.29) is 58.2 Å². The Morgan fingerprint density at radius 3 is 2.63 bits per heavy atom. The normalized spacial score (nSPS) is 16.8. The molecule has 1 saturated heterocycles. The van der Waals surface area contributed by atoms with Crippen LogP contribution in [0.2, 0.25) is 0 Å². The van der Waals surface area contributed by atoms with Crippen LogP contribution in [0.15, 0.2) is 54.0 Å². The van der Waals surface area contributed by atoms with Crippen LogP contribution >= 0.6 is 0 Å². The SMILES string of the molecule is C=CC(=O)N1CCN(c2nc(=O)n3c4nc(c(F)cc24)-c2c(F)cccc2N(C)C(=O)NCCc2ccnc(C(C)C)c2-3)[C@@H](C)C1. The summed E-state index contributed by atoms with van der Waals surface area (Å²) >= 11 is 0. The fourth-order valence-electron chi connectivity index (χ4n) is 6.26. The van der Waals surface area contributed by atoms with Gasteiger partial charge in [-0.25, -0.2) is 27.9 Å². The van der Waals surface area contributed by atoms with Crippen LogP contribution in [-0.2, 0) is 11.2 Å². The molecule has 46 heavy (non-hydrogen) atoms. The number of rotatable bonds is 3. The van der Waals surface area contributed by atoms with Gasteiger partial charge in [0.15, 0.2) is 11.5 Å². The first kappa shape index (κ1) is 30.8. The molecule has 1 fully saturated rings. The van der Waals surface area contributed by atoms with Crippen LogP contribution in [0, 0.1) is 11.6 Å². The smallest absolute Gasteiger partial charge is 0.350 e. The van der Waals surface area contributed by atoms with E-state index in [1.54, 1.807) is 17.2 Å². The lowest BCUT2D eigenvalue weighted by Crippen LogP contribution is -2.54. The number of amides is 3. The summed E-state index contributed by atoms with van der Waals surface area (Å²) in [7, 11) is 1.47. The molecule has 3 amide bonds. The molecule has 0 unspecified atom stereocenters. The van der Waals surface area contributed by atoms with Crippen molar-refractivity contribution in [3.8, 4) is 16.9 Å². The van der Waals surface area contributed by atoms with Crippen LogP contribution in [0.4, 0.5) is 25.1 Å². The minimum absolute atomic E-state index is 0.0646. The van der Waals surface area contributed by atoms with E-state index < -0.39 is 23.4 Å². The zero-order valence-electron chi connectivity index (χ0n) is 26.0. The number of nitrogens with zero attached hydrogens (tertiary/aromatic N) is 7. The predicted molar refractivity (Wildman–Crippen MR) is 171 cm³/mol. The monoisotopic (exact) mass is 628 g/mol. The van der Waals surface area contributed by atoms with Gasteiger partial charge in [0.05, 0.1) is 28.0 Å². The molecule has 1 N–H and O–H groups in total. The maximum absolute atomic E-state index is 16.3. The summed E-state index contributed by atoms with van der Waals surface area (Å²) in [6, 6.07) is 6.28. The fraction of sp³-hybridized carbons (Fsp3) is 0.333. The predicted octanol–water partition coefficient (Wildman–Crippen LogP) is 4.17. The summed E-state index contributed by atoms with van der Waals surface area (Å²) in [5.41, 5.74) is 0.608. The van der Waals surface area contributed by atoms with Crippen molar-refractivity contribution in [1.82, 2.24) is 29.7 Å². The first-order valence-electron chi connectivity index (χ1n) is 15.1. The van der Waals surface area contributed by atoms with Crippen LogP contribution in [0.1, 0.15) is 37.9 Å². The Labute approximate surface area is 264 Å². The molecule has 0 saturated carbocycles. The van der Waals surface area contributed by atoms with Crippen LogP contribution < -0.4 is 20.8 Å². The molecule has 13 heteroatoms. The average Bonchev–Trinajstić information content (AvgIpc) is 3.04. The van der Waals surface area contributed by atoms with Crippen molar-refractivity contribution in [2.75, 3.05) is 43.0 Å². The van der Waals surface area contributed by atoms with Gasteiger partial charge in [-0.1, -0.05) is 26.5 Å². The summed E-state index contributed by atoms with van der Waals surface area (Å²) in [4.78, 5) is 58.3. The molecule has 4 aromatic rings. The Kier molecular flexibility index (Phi) is 8.01. The lowest BCUT2D eigenvalue weighted by atomic mass is 10.0. The van der Waals surface area contributed by atoms with Gasteiger partial charge in [0.2, 0.25) is 5.91 Å². The van der Waals surface area contributed by atoms with Crippen molar-refractivity contribution in [1.29, 1.82) is 0 Å². The van der Waals surface area contributed by atoms with Crippen molar-refractivity contribution >= 4 is 34.5 Å². The number of aromatic nitrogens is 4. The van der Waals surface area contributed by atoms with Crippen LogP contribution in [0.5, 0.6) is 0 Å². The van der Waals surface area contributed by atoms with Crippen molar-refractivity contribution in [2.45, 2.75) is 39.2 Å². The number of benzene rings is 1. The molecule has 238 valence electrons. The van der Waals surface area contributed by atoms with Gasteiger partial charge in [0.1, 0.15) is 17.3 Å². The van der Waals surface area contributed by atoms with Gasteiger partial charge in [-0.05, 0) is 55.2 Å². The lowest BCUT2D eigenvalue weighted by molar-refractivity contribution is -0.126. The number of piperazine rings is 1. The molecule has 11 nitrogen and oxygen atoms in total. The van der Waals surface area contributed by atoms with E-state index in [9.17, 15) is 14.4 Å². The van der Waals surface area contributed by atoms with E-state index in [4.69, 9.17) is 4.98 Å². The van der Waals surface area contributed by atoms with E-state index in [0.29, 0.717) is 43.0 Å². The molecule has 6 rings (SSSR count). The lowest BCUT2D eigenvalue weighted by Gasteiger charge is -2.40. The summed E-state index contributed by atoms with van der Waals surface area (Å²) in [5.74, 6) is -1.79. The van der Waals surface area contributed by atoms with Gasteiger partial charge in [0, 0.05) is 45.5 Å². The number of urea groups is 1. The number of anilines is 2. The van der Waals surface area contributed by atoms with E-state index in [2.05, 4.69) is 21.9 Å². The van der Waals surface area contributed by atoms with Crippen molar-refractivity contribution in [3.05, 3.63) is 82.6 Å². The van der Waals surface area contributed by atoms with E-state index in [0.717, 1.165) is 0 Å². The number of hydrogen-bond acceptors (Lipinski definition) is 7. The maximum Gasteiger partial charge on any atom is 0.355 e. The Hall–Kier alpha value is -5.20. The number of fused-ring (bicyclic) bond motifs is 5. The Morgan fingerprint density at radius 1 is 1.13 bits per heavy atom. The fourth-order valence-corrected chi connectivity index (χ4v) is 6.26. The van der Waals surface area contributed by atoms with Gasteiger partial charge >= 0.3 is 11.7 Å². The summed E-state index contributed by atoms with van der Waals surface area (Å²) in [5, 5.41) is 3.07. The molecule has 0 spiro atoms. The number of hydrogen-bond donors (Lipinski definition) is 1. The Balaban J connectivity index is 1.71. The minimum atomic E-state index is -0.862. The number of nitrogens with one attached hydrogen (secondary N) is 1. The van der Waals surface area contributed by atoms with Gasteiger partial charge in [0.25, 0.3) is 0 Å². The molecular weight excluding hydrogens is 594 g/mol. The number of carbonyl (C=O) groups is 2. The zero-order chi connectivity index (χ0) is 32.9. The van der Waals surface area contributed by atoms with E-state index in [1.807, 2.05) is 25.7 Å². The topological polar surface area (TPSA) is 117 Å². The largest absolute Gasteiger partial charge is 0.355 e. The van der Waals surface area contributed by atoms with Crippen molar-refractivity contribution in [2.24, 2.45) is 0 Å². The maximum atomic E-state index is 16.3. The van der Waals surface area contributed by atoms with E-state index in [1.165, 1.54) is 46.9 Å². The van der Waals surface area contributed by atoms with Crippen LogP contribution in [0.3, 0.4) is 0 Å². The quantitative estimate of drug-likeness (QED) is 0.339. The zero-order valence-corrected chi connectivity index (χ0v) is 26.0. The molecule has 0 radical (unpaired) electrons. The average molecular weight is 629 g/mol. The van der Waals surface area contributed by atoms with Gasteiger partial charge in [-0.2, -0.15) is 4.98 Å². The third-order valence-corrected chi connectivity index (χ3v) is 8.56. The highest BCUT2D eigenvalue weighted by Gasteiger charge is 2.32. The highest BCUT2D eigenvalue weighted by atomic mass is 19.1. The van der Waals surface area contributed by atoms with Gasteiger partial charge < -0.3 is 15.1 Å². The second kappa shape index (κ2) is 12.0. The van der Waals surface area contributed by atoms with Crippen LogP contribution in [0.25, 0.3) is 28.0 Å². The minimum Gasteiger partial charge on any atom is -0.350 e. The highest BCUT2D eigenvalue weighted by Crippen LogP contribution is 2.38. The first-order chi connectivity index (χ1) is 22.0. The highest BCUT2D eigenvalue weighted by molar-refractivity contribution is 5.97.